The van der Waals surface area contributed by atoms with Gasteiger partial charge >= 0.3 is 0 Å². The number of hydrogen-bond acceptors (Lipinski definition) is 4. The molecule has 0 radical (unpaired) electrons. The van der Waals surface area contributed by atoms with E-state index in [0.717, 1.165) is 31.5 Å². The first-order valence-corrected chi connectivity index (χ1v) is 9.46. The van der Waals surface area contributed by atoms with Crippen LogP contribution in [0, 0.1) is 0 Å². The quantitative estimate of drug-likeness (QED) is 0.610. The molecule has 4 nitrogen and oxygen atoms in total. The van der Waals surface area contributed by atoms with Crippen molar-refractivity contribution in [2.75, 3.05) is 19.6 Å². The Labute approximate surface area is 151 Å². The van der Waals surface area contributed by atoms with E-state index in [4.69, 9.17) is 12.2 Å². The number of rotatable bonds is 4. The summed E-state index contributed by atoms with van der Waals surface area (Å²) in [5.74, 6) is 0.0242. The van der Waals surface area contributed by atoms with Gasteiger partial charge in [0.25, 0.3) is 5.91 Å². The fraction of sp³-hybridized carbons (Fsp3) is 0.389. The minimum Gasteiger partial charge on any atom is -0.343 e. The van der Waals surface area contributed by atoms with Crippen molar-refractivity contribution in [3.8, 4) is 0 Å². The normalized spacial score (nSPS) is 20.1. The van der Waals surface area contributed by atoms with Crippen LogP contribution in [0.15, 0.2) is 35.2 Å². The molecule has 0 N–H and O–H groups in total. The summed E-state index contributed by atoms with van der Waals surface area (Å²) in [4.78, 5) is 28.9. The first-order valence-electron chi connectivity index (χ1n) is 8.23. The summed E-state index contributed by atoms with van der Waals surface area (Å²) in [6.07, 6.45) is 5.54. The average Bonchev–Trinajstić information content (AvgIpc) is 2.88. The Morgan fingerprint density at radius 3 is 2.58 bits per heavy atom. The summed E-state index contributed by atoms with van der Waals surface area (Å²) in [5.41, 5.74) is 0.974. The average molecular weight is 361 g/mol. The molecule has 2 saturated heterocycles. The summed E-state index contributed by atoms with van der Waals surface area (Å²) in [6, 6.07) is 9.71. The first-order chi connectivity index (χ1) is 11.6. The molecule has 0 aliphatic carbocycles. The van der Waals surface area contributed by atoms with Gasteiger partial charge in [-0.05, 0) is 30.9 Å². The van der Waals surface area contributed by atoms with Gasteiger partial charge in [0.1, 0.15) is 4.32 Å². The van der Waals surface area contributed by atoms with Crippen LogP contribution in [0.25, 0.3) is 6.08 Å². The third kappa shape index (κ3) is 4.05. The molecular formula is C18H20N2O2S2. The fourth-order valence-corrected chi connectivity index (χ4v) is 4.21. The topological polar surface area (TPSA) is 40.6 Å². The molecule has 2 amide bonds. The molecule has 0 aromatic heterocycles. The van der Waals surface area contributed by atoms with Crippen molar-refractivity contribution >= 4 is 46.2 Å². The van der Waals surface area contributed by atoms with E-state index in [1.165, 1.54) is 18.2 Å². The second-order valence-electron chi connectivity index (χ2n) is 5.94. The lowest BCUT2D eigenvalue weighted by Crippen LogP contribution is -2.38. The van der Waals surface area contributed by atoms with Crippen molar-refractivity contribution in [2.24, 2.45) is 0 Å². The number of benzene rings is 1. The summed E-state index contributed by atoms with van der Waals surface area (Å²) < 4.78 is 0.536. The van der Waals surface area contributed by atoms with Crippen molar-refractivity contribution < 1.29 is 9.59 Å². The Bertz CT molecular complexity index is 667. The van der Waals surface area contributed by atoms with E-state index in [1.54, 1.807) is 4.90 Å². The fourth-order valence-electron chi connectivity index (χ4n) is 2.90. The molecule has 1 aromatic rings. The Hall–Kier alpha value is -1.66. The third-order valence-electron chi connectivity index (χ3n) is 4.23. The maximum atomic E-state index is 12.5. The van der Waals surface area contributed by atoms with E-state index < -0.39 is 0 Å². The van der Waals surface area contributed by atoms with Gasteiger partial charge in [0.05, 0.1) is 4.91 Å². The zero-order valence-corrected chi connectivity index (χ0v) is 15.1. The minimum atomic E-state index is -0.0969. The van der Waals surface area contributed by atoms with Crippen LogP contribution in [-0.2, 0) is 9.59 Å². The summed E-state index contributed by atoms with van der Waals surface area (Å²) in [7, 11) is 0. The molecule has 24 heavy (non-hydrogen) atoms. The number of carbonyl (C=O) groups excluding carboxylic acids is 2. The second kappa shape index (κ2) is 7.94. The van der Waals surface area contributed by atoms with Crippen LogP contribution >= 0.6 is 24.0 Å². The van der Waals surface area contributed by atoms with Gasteiger partial charge in [0.2, 0.25) is 5.91 Å². The number of carbonyl (C=O) groups is 2. The van der Waals surface area contributed by atoms with E-state index in [-0.39, 0.29) is 11.8 Å². The SMILES string of the molecule is O=C(CCN1C(=O)/C(=C/c2ccccc2)SC1=S)N1CCCCC1. The molecule has 0 spiro atoms. The Morgan fingerprint density at radius 2 is 1.88 bits per heavy atom. The van der Waals surface area contributed by atoms with Crippen molar-refractivity contribution in [1.29, 1.82) is 0 Å². The van der Waals surface area contributed by atoms with Crippen LogP contribution in [0.4, 0.5) is 0 Å². The highest BCUT2D eigenvalue weighted by Gasteiger charge is 2.32. The lowest BCUT2D eigenvalue weighted by Gasteiger charge is -2.27. The maximum Gasteiger partial charge on any atom is 0.266 e. The van der Waals surface area contributed by atoms with Gasteiger partial charge in [-0.3, -0.25) is 14.5 Å². The largest absolute Gasteiger partial charge is 0.343 e. The number of amides is 2. The zero-order valence-electron chi connectivity index (χ0n) is 13.4. The highest BCUT2D eigenvalue weighted by molar-refractivity contribution is 8.26. The number of hydrogen-bond donors (Lipinski definition) is 0. The van der Waals surface area contributed by atoms with Crippen molar-refractivity contribution in [2.45, 2.75) is 25.7 Å². The van der Waals surface area contributed by atoms with E-state index >= 15 is 0 Å². The molecule has 6 heteroatoms. The maximum absolute atomic E-state index is 12.5. The zero-order chi connectivity index (χ0) is 16.9. The second-order valence-corrected chi connectivity index (χ2v) is 7.61. The molecule has 0 unspecified atom stereocenters. The van der Waals surface area contributed by atoms with Crippen LogP contribution in [0.5, 0.6) is 0 Å². The predicted octanol–water partition coefficient (Wildman–Crippen LogP) is 3.29. The molecule has 2 fully saturated rings. The van der Waals surface area contributed by atoms with Gasteiger partial charge in [0, 0.05) is 26.1 Å². The van der Waals surface area contributed by atoms with Gasteiger partial charge in [0.15, 0.2) is 0 Å². The Balaban J connectivity index is 1.60. The number of nitrogens with zero attached hydrogens (tertiary/aromatic N) is 2. The van der Waals surface area contributed by atoms with Crippen LogP contribution in [0.2, 0.25) is 0 Å². The van der Waals surface area contributed by atoms with Gasteiger partial charge < -0.3 is 4.90 Å². The predicted molar refractivity (Wildman–Crippen MR) is 101 cm³/mol. The van der Waals surface area contributed by atoms with E-state index in [0.29, 0.717) is 22.2 Å². The molecule has 126 valence electrons. The molecule has 2 aliphatic heterocycles. The molecular weight excluding hydrogens is 340 g/mol. The number of piperidine rings is 1. The van der Waals surface area contributed by atoms with Crippen molar-refractivity contribution in [3.63, 3.8) is 0 Å². The van der Waals surface area contributed by atoms with Gasteiger partial charge in [-0.2, -0.15) is 0 Å². The Kier molecular flexibility index (Phi) is 5.68. The van der Waals surface area contributed by atoms with Crippen LogP contribution in [0.3, 0.4) is 0 Å². The van der Waals surface area contributed by atoms with Crippen LogP contribution < -0.4 is 0 Å². The highest BCUT2D eigenvalue weighted by Crippen LogP contribution is 2.32. The van der Waals surface area contributed by atoms with E-state index in [9.17, 15) is 9.59 Å². The van der Waals surface area contributed by atoms with Crippen LogP contribution in [0.1, 0.15) is 31.2 Å². The number of likely N-dealkylation sites (tertiary alicyclic amines) is 1. The van der Waals surface area contributed by atoms with E-state index in [1.807, 2.05) is 41.3 Å². The highest BCUT2D eigenvalue weighted by atomic mass is 32.2. The van der Waals surface area contributed by atoms with Gasteiger partial charge in [-0.25, -0.2) is 0 Å². The third-order valence-corrected chi connectivity index (χ3v) is 5.61. The first kappa shape index (κ1) is 17.2. The minimum absolute atomic E-state index is 0.0969. The molecule has 0 bridgehead atoms. The summed E-state index contributed by atoms with van der Waals surface area (Å²) in [5, 5.41) is 0. The van der Waals surface area contributed by atoms with E-state index in [2.05, 4.69) is 0 Å². The molecule has 2 aliphatic rings. The number of thiocarbonyl (C=S) groups is 1. The Morgan fingerprint density at radius 1 is 1.17 bits per heavy atom. The summed E-state index contributed by atoms with van der Waals surface area (Å²) in [6.45, 7) is 2.04. The van der Waals surface area contributed by atoms with Crippen molar-refractivity contribution in [3.05, 3.63) is 40.8 Å². The molecule has 3 rings (SSSR count). The molecule has 0 atom stereocenters. The monoisotopic (exact) mass is 360 g/mol. The smallest absolute Gasteiger partial charge is 0.266 e. The lowest BCUT2D eigenvalue weighted by atomic mass is 10.1. The van der Waals surface area contributed by atoms with Gasteiger partial charge in [-0.1, -0.05) is 54.3 Å². The lowest BCUT2D eigenvalue weighted by molar-refractivity contribution is -0.132. The van der Waals surface area contributed by atoms with Crippen LogP contribution in [-0.4, -0.2) is 45.6 Å². The molecule has 2 heterocycles. The van der Waals surface area contributed by atoms with Crippen molar-refractivity contribution in [1.82, 2.24) is 9.80 Å². The molecule has 0 saturated carbocycles. The summed E-state index contributed by atoms with van der Waals surface area (Å²) >= 11 is 6.63. The number of thioether (sulfide) groups is 1. The molecule has 1 aromatic carbocycles. The standard InChI is InChI=1S/C18H20N2O2S2/c21-16(19-10-5-2-6-11-19)9-12-20-17(22)15(24-18(20)23)13-14-7-3-1-4-8-14/h1,3-4,7-8,13H,2,5-6,9-12H2/b15-13-. The van der Waals surface area contributed by atoms with Gasteiger partial charge in [-0.15, -0.1) is 0 Å².